The summed E-state index contributed by atoms with van der Waals surface area (Å²) in [5.74, 6) is -0.280. The van der Waals surface area contributed by atoms with Crippen LogP contribution in [0.25, 0.3) is 0 Å². The third-order valence-corrected chi connectivity index (χ3v) is 3.53. The lowest BCUT2D eigenvalue weighted by atomic mass is 10.0. The summed E-state index contributed by atoms with van der Waals surface area (Å²) in [7, 11) is 0. The van der Waals surface area contributed by atoms with Crippen molar-refractivity contribution in [3.8, 4) is 0 Å². The number of carbonyl (C=O) groups is 1. The average molecular weight is 249 g/mol. The Labute approximate surface area is 108 Å². The lowest BCUT2D eigenvalue weighted by Gasteiger charge is -2.27. The number of benzene rings is 1. The molecule has 18 heavy (non-hydrogen) atoms. The van der Waals surface area contributed by atoms with Crippen LogP contribution in [0.15, 0.2) is 18.2 Å². The van der Waals surface area contributed by atoms with Gasteiger partial charge < -0.3 is 4.90 Å². The molecule has 0 aromatic heterocycles. The second kappa shape index (κ2) is 5.51. The molecular formula is C15H20FNO. The summed E-state index contributed by atoms with van der Waals surface area (Å²) in [6.07, 6.45) is 3.22. The predicted octanol–water partition coefficient (Wildman–Crippen LogP) is 3.58. The molecule has 98 valence electrons. The third kappa shape index (κ3) is 2.71. The van der Waals surface area contributed by atoms with Crippen molar-refractivity contribution < 1.29 is 9.18 Å². The molecule has 1 amide bonds. The molecule has 0 atom stereocenters. The molecule has 0 radical (unpaired) electrons. The van der Waals surface area contributed by atoms with Crippen LogP contribution in [0, 0.1) is 5.82 Å². The van der Waals surface area contributed by atoms with Gasteiger partial charge in [0.05, 0.1) is 5.56 Å². The van der Waals surface area contributed by atoms with E-state index in [9.17, 15) is 9.18 Å². The van der Waals surface area contributed by atoms with Gasteiger partial charge in [0.25, 0.3) is 5.91 Å². The highest BCUT2D eigenvalue weighted by molar-refractivity contribution is 5.94. The minimum atomic E-state index is -0.392. The number of hydrogen-bond acceptors (Lipinski definition) is 1. The van der Waals surface area contributed by atoms with Crippen LogP contribution >= 0.6 is 0 Å². The van der Waals surface area contributed by atoms with Gasteiger partial charge in [-0.2, -0.15) is 0 Å². The van der Waals surface area contributed by atoms with Gasteiger partial charge in [0.2, 0.25) is 0 Å². The molecule has 1 aromatic carbocycles. The fourth-order valence-corrected chi connectivity index (χ4v) is 2.33. The largest absolute Gasteiger partial charge is 0.339 e. The number of piperidine rings is 1. The lowest BCUT2D eigenvalue weighted by Crippen LogP contribution is -2.36. The van der Waals surface area contributed by atoms with E-state index in [2.05, 4.69) is 0 Å². The molecule has 2 nitrogen and oxygen atoms in total. The van der Waals surface area contributed by atoms with Crippen LogP contribution in [-0.4, -0.2) is 23.9 Å². The molecule has 0 N–H and O–H groups in total. The van der Waals surface area contributed by atoms with Crippen molar-refractivity contribution in [3.05, 3.63) is 35.1 Å². The molecule has 2 rings (SSSR count). The first-order valence-electron chi connectivity index (χ1n) is 6.68. The molecule has 0 bridgehead atoms. The molecule has 1 heterocycles. The second-order valence-corrected chi connectivity index (χ2v) is 5.25. The van der Waals surface area contributed by atoms with Crippen molar-refractivity contribution in [2.45, 2.75) is 39.0 Å². The third-order valence-electron chi connectivity index (χ3n) is 3.53. The molecule has 1 aliphatic heterocycles. The molecule has 0 unspecified atom stereocenters. The fourth-order valence-electron chi connectivity index (χ4n) is 2.33. The zero-order valence-corrected chi connectivity index (χ0v) is 11.1. The quantitative estimate of drug-likeness (QED) is 0.784. The summed E-state index contributed by atoms with van der Waals surface area (Å²) >= 11 is 0. The van der Waals surface area contributed by atoms with Gasteiger partial charge in [-0.05, 0) is 42.9 Å². The first-order valence-corrected chi connectivity index (χ1v) is 6.68. The molecular weight excluding hydrogens is 229 g/mol. The average Bonchev–Trinajstić information content (AvgIpc) is 2.38. The van der Waals surface area contributed by atoms with Crippen LogP contribution in [-0.2, 0) is 0 Å². The summed E-state index contributed by atoms with van der Waals surface area (Å²) in [6.45, 7) is 5.54. The summed E-state index contributed by atoms with van der Waals surface area (Å²) in [4.78, 5) is 13.9. The number of nitrogens with zero attached hydrogens (tertiary/aromatic N) is 1. The predicted molar refractivity (Wildman–Crippen MR) is 70.2 cm³/mol. The molecule has 3 heteroatoms. The van der Waals surface area contributed by atoms with E-state index >= 15 is 0 Å². The summed E-state index contributed by atoms with van der Waals surface area (Å²) in [6, 6.07) is 4.97. The Morgan fingerprint density at radius 1 is 1.22 bits per heavy atom. The van der Waals surface area contributed by atoms with Gasteiger partial charge in [-0.1, -0.05) is 19.9 Å². The lowest BCUT2D eigenvalue weighted by molar-refractivity contribution is 0.0719. The van der Waals surface area contributed by atoms with Crippen molar-refractivity contribution in [2.75, 3.05) is 13.1 Å². The summed E-state index contributed by atoms with van der Waals surface area (Å²) < 4.78 is 14.0. The number of hydrogen-bond donors (Lipinski definition) is 0. The maximum Gasteiger partial charge on any atom is 0.256 e. The van der Waals surface area contributed by atoms with Gasteiger partial charge in [-0.15, -0.1) is 0 Å². The molecule has 0 spiro atoms. The van der Waals surface area contributed by atoms with Gasteiger partial charge in [0, 0.05) is 13.1 Å². The van der Waals surface area contributed by atoms with Gasteiger partial charge in [-0.3, -0.25) is 4.79 Å². The highest BCUT2D eigenvalue weighted by atomic mass is 19.1. The van der Waals surface area contributed by atoms with E-state index < -0.39 is 5.82 Å². The SMILES string of the molecule is CC(C)c1ccc(C(=O)N2CCCCC2)c(F)c1. The highest BCUT2D eigenvalue weighted by Gasteiger charge is 2.21. The number of amides is 1. The van der Waals surface area contributed by atoms with Crippen LogP contribution < -0.4 is 0 Å². The monoisotopic (exact) mass is 249 g/mol. The van der Waals surface area contributed by atoms with E-state index in [4.69, 9.17) is 0 Å². The number of halogens is 1. The van der Waals surface area contributed by atoms with Crippen molar-refractivity contribution in [1.82, 2.24) is 4.90 Å². The van der Waals surface area contributed by atoms with Crippen molar-refractivity contribution in [1.29, 1.82) is 0 Å². The van der Waals surface area contributed by atoms with E-state index in [1.54, 1.807) is 11.0 Å². The molecule has 0 aliphatic carbocycles. The van der Waals surface area contributed by atoms with Gasteiger partial charge in [0.1, 0.15) is 5.82 Å². The van der Waals surface area contributed by atoms with Crippen LogP contribution in [0.2, 0.25) is 0 Å². The summed E-state index contributed by atoms with van der Waals surface area (Å²) in [5.41, 5.74) is 1.14. The summed E-state index contributed by atoms with van der Waals surface area (Å²) in [5, 5.41) is 0. The first-order chi connectivity index (χ1) is 8.59. The topological polar surface area (TPSA) is 20.3 Å². The zero-order chi connectivity index (χ0) is 13.1. The van der Waals surface area contributed by atoms with Crippen LogP contribution in [0.3, 0.4) is 0 Å². The van der Waals surface area contributed by atoms with E-state index in [-0.39, 0.29) is 17.4 Å². The number of likely N-dealkylation sites (tertiary alicyclic amines) is 1. The van der Waals surface area contributed by atoms with Crippen molar-refractivity contribution in [2.24, 2.45) is 0 Å². The Hall–Kier alpha value is -1.38. The normalized spacial score (nSPS) is 16.1. The number of rotatable bonds is 2. The Morgan fingerprint density at radius 3 is 2.44 bits per heavy atom. The maximum absolute atomic E-state index is 14.0. The smallest absolute Gasteiger partial charge is 0.256 e. The maximum atomic E-state index is 14.0. The van der Waals surface area contributed by atoms with Gasteiger partial charge >= 0.3 is 0 Å². The minimum Gasteiger partial charge on any atom is -0.339 e. The Morgan fingerprint density at radius 2 is 1.89 bits per heavy atom. The van der Waals surface area contributed by atoms with E-state index in [0.29, 0.717) is 0 Å². The first kappa shape index (κ1) is 13.1. The Bertz CT molecular complexity index is 436. The molecule has 1 aromatic rings. The van der Waals surface area contributed by atoms with Crippen LogP contribution in [0.4, 0.5) is 4.39 Å². The van der Waals surface area contributed by atoms with Gasteiger partial charge in [0.15, 0.2) is 0 Å². The zero-order valence-electron chi connectivity index (χ0n) is 11.1. The Kier molecular flexibility index (Phi) is 4.00. The molecule has 1 aliphatic rings. The number of carbonyl (C=O) groups excluding carboxylic acids is 1. The van der Waals surface area contributed by atoms with Crippen LogP contribution in [0.5, 0.6) is 0 Å². The van der Waals surface area contributed by atoms with Gasteiger partial charge in [-0.25, -0.2) is 4.39 Å². The minimum absolute atomic E-state index is 0.164. The van der Waals surface area contributed by atoms with E-state index in [1.807, 2.05) is 19.9 Å². The van der Waals surface area contributed by atoms with Crippen molar-refractivity contribution >= 4 is 5.91 Å². The van der Waals surface area contributed by atoms with E-state index in [0.717, 1.165) is 31.5 Å². The fraction of sp³-hybridized carbons (Fsp3) is 0.533. The van der Waals surface area contributed by atoms with Crippen molar-refractivity contribution in [3.63, 3.8) is 0 Å². The van der Waals surface area contributed by atoms with E-state index in [1.165, 1.54) is 12.5 Å². The molecule has 1 saturated heterocycles. The molecule has 0 saturated carbocycles. The Balaban J connectivity index is 2.19. The molecule has 1 fully saturated rings. The standard InChI is InChI=1S/C15H20FNO/c1-11(2)12-6-7-13(14(16)10-12)15(18)17-8-4-3-5-9-17/h6-7,10-11H,3-5,8-9H2,1-2H3. The highest BCUT2D eigenvalue weighted by Crippen LogP contribution is 2.20. The van der Waals surface area contributed by atoms with Crippen LogP contribution in [0.1, 0.15) is 54.9 Å². The second-order valence-electron chi connectivity index (χ2n) is 5.25.